The van der Waals surface area contributed by atoms with E-state index >= 15 is 0 Å². The molecule has 0 N–H and O–H groups in total. The predicted octanol–water partition coefficient (Wildman–Crippen LogP) is 12.8. The first-order chi connectivity index (χ1) is 22.2. The van der Waals surface area contributed by atoms with E-state index in [1.807, 2.05) is 11.3 Å². The number of benzene rings is 7. The van der Waals surface area contributed by atoms with Gasteiger partial charge in [-0.2, -0.15) is 0 Å². The predicted molar refractivity (Wildman–Crippen MR) is 195 cm³/mol. The lowest BCUT2D eigenvalue weighted by Crippen LogP contribution is -2.11. The summed E-state index contributed by atoms with van der Waals surface area (Å²) >= 11 is 1.86. The highest BCUT2D eigenvalue weighted by molar-refractivity contribution is 7.25. The monoisotopic (exact) mass is 593 g/mol. The molecule has 0 fully saturated rings. The number of thiophene rings is 1. The van der Waals surface area contributed by atoms with E-state index in [4.69, 9.17) is 0 Å². The van der Waals surface area contributed by atoms with Crippen molar-refractivity contribution in [1.29, 1.82) is 0 Å². The third-order valence-corrected chi connectivity index (χ3v) is 9.64. The molecule has 0 aliphatic heterocycles. The van der Waals surface area contributed by atoms with Crippen LogP contribution in [0.4, 0.5) is 17.1 Å². The van der Waals surface area contributed by atoms with Gasteiger partial charge < -0.3 is 4.90 Å². The molecule has 0 unspecified atom stereocenters. The van der Waals surface area contributed by atoms with Gasteiger partial charge >= 0.3 is 0 Å². The lowest BCUT2D eigenvalue weighted by molar-refractivity contribution is 1.28. The zero-order chi connectivity index (χ0) is 30.2. The SMILES string of the molecule is Cc1ccc(N(c2cccc(-c3ccccc3)c2)c2cccc(-c3ccc4c(c3)sc3ccccc34)c2)c(-c2ccccc2)c1. The van der Waals surface area contributed by atoms with E-state index in [9.17, 15) is 0 Å². The Morgan fingerprint density at radius 2 is 0.978 bits per heavy atom. The lowest BCUT2D eigenvalue weighted by atomic mass is 9.98. The standard InChI is InChI=1S/C43H31NS/c1-30-22-25-41(40(26-30)32-14-6-3-7-15-32)44(36-18-10-16-33(27-36)31-12-4-2-5-13-31)37-19-11-17-34(28-37)35-23-24-39-38-20-8-9-21-42(38)45-43(39)29-35/h2-29H,1H3. The van der Waals surface area contributed by atoms with Crippen LogP contribution in [0.3, 0.4) is 0 Å². The third-order valence-electron chi connectivity index (χ3n) is 8.51. The van der Waals surface area contributed by atoms with Crippen molar-refractivity contribution in [2.75, 3.05) is 4.90 Å². The highest BCUT2D eigenvalue weighted by Gasteiger charge is 2.19. The van der Waals surface area contributed by atoms with Crippen molar-refractivity contribution in [2.24, 2.45) is 0 Å². The number of anilines is 3. The fraction of sp³-hybridized carbons (Fsp3) is 0.0233. The Hall–Kier alpha value is -5.44. The highest BCUT2D eigenvalue weighted by Crippen LogP contribution is 2.43. The second-order valence-corrected chi connectivity index (χ2v) is 12.6. The summed E-state index contributed by atoms with van der Waals surface area (Å²) < 4.78 is 2.65. The fourth-order valence-electron chi connectivity index (χ4n) is 6.31. The number of hydrogen-bond acceptors (Lipinski definition) is 2. The van der Waals surface area contributed by atoms with Crippen LogP contribution >= 0.6 is 11.3 Å². The molecule has 0 aliphatic carbocycles. The van der Waals surface area contributed by atoms with Gasteiger partial charge in [-0.05, 0) is 83.3 Å². The molecule has 1 aromatic heterocycles. The Labute approximate surface area is 268 Å². The molecule has 214 valence electrons. The summed E-state index contributed by atoms with van der Waals surface area (Å²) in [7, 11) is 0. The Morgan fingerprint density at radius 3 is 1.71 bits per heavy atom. The van der Waals surface area contributed by atoms with Gasteiger partial charge in [-0.15, -0.1) is 11.3 Å². The maximum absolute atomic E-state index is 2.41. The van der Waals surface area contributed by atoms with E-state index in [-0.39, 0.29) is 0 Å². The van der Waals surface area contributed by atoms with E-state index in [1.54, 1.807) is 0 Å². The van der Waals surface area contributed by atoms with Crippen LogP contribution in [-0.4, -0.2) is 0 Å². The van der Waals surface area contributed by atoms with Gasteiger partial charge in [0.05, 0.1) is 5.69 Å². The molecule has 0 amide bonds. The van der Waals surface area contributed by atoms with E-state index in [1.165, 1.54) is 59.1 Å². The van der Waals surface area contributed by atoms with Crippen molar-refractivity contribution in [1.82, 2.24) is 0 Å². The lowest BCUT2D eigenvalue weighted by Gasteiger charge is -2.29. The smallest absolute Gasteiger partial charge is 0.0540 e. The van der Waals surface area contributed by atoms with Crippen LogP contribution in [0, 0.1) is 6.92 Å². The van der Waals surface area contributed by atoms with Crippen LogP contribution in [0.15, 0.2) is 170 Å². The molecule has 8 rings (SSSR count). The van der Waals surface area contributed by atoms with Crippen LogP contribution < -0.4 is 4.90 Å². The second-order valence-electron chi connectivity index (χ2n) is 11.5. The summed E-state index contributed by atoms with van der Waals surface area (Å²) in [5, 5.41) is 2.65. The van der Waals surface area contributed by atoms with Gasteiger partial charge in [0.25, 0.3) is 0 Å². The van der Waals surface area contributed by atoms with E-state index in [0.717, 1.165) is 17.1 Å². The topological polar surface area (TPSA) is 3.24 Å². The molecule has 1 nitrogen and oxygen atoms in total. The summed E-state index contributed by atoms with van der Waals surface area (Å²) in [6.07, 6.45) is 0. The van der Waals surface area contributed by atoms with Crippen LogP contribution in [0.1, 0.15) is 5.56 Å². The molecule has 2 heteroatoms. The molecule has 0 saturated carbocycles. The Morgan fingerprint density at radius 1 is 0.400 bits per heavy atom. The molecule has 0 spiro atoms. The summed E-state index contributed by atoms with van der Waals surface area (Å²) in [5.74, 6) is 0. The van der Waals surface area contributed by atoms with Gasteiger partial charge in [-0.25, -0.2) is 0 Å². The van der Waals surface area contributed by atoms with Crippen molar-refractivity contribution in [3.63, 3.8) is 0 Å². The van der Waals surface area contributed by atoms with Crippen molar-refractivity contribution in [3.8, 4) is 33.4 Å². The highest BCUT2D eigenvalue weighted by atomic mass is 32.1. The van der Waals surface area contributed by atoms with Crippen molar-refractivity contribution in [2.45, 2.75) is 6.92 Å². The first-order valence-electron chi connectivity index (χ1n) is 15.3. The molecule has 45 heavy (non-hydrogen) atoms. The first-order valence-corrected chi connectivity index (χ1v) is 16.2. The third kappa shape index (κ3) is 5.20. The summed E-state index contributed by atoms with van der Waals surface area (Å²) in [4.78, 5) is 2.41. The molecule has 0 atom stereocenters. The van der Waals surface area contributed by atoms with Crippen LogP contribution in [-0.2, 0) is 0 Å². The van der Waals surface area contributed by atoms with Gasteiger partial charge in [-0.3, -0.25) is 0 Å². The number of fused-ring (bicyclic) bond motifs is 3. The average molecular weight is 594 g/mol. The maximum atomic E-state index is 2.41. The number of aryl methyl sites for hydroxylation is 1. The number of hydrogen-bond donors (Lipinski definition) is 0. The van der Waals surface area contributed by atoms with Gasteiger partial charge in [-0.1, -0.05) is 127 Å². The minimum absolute atomic E-state index is 1.12. The van der Waals surface area contributed by atoms with Crippen LogP contribution in [0.5, 0.6) is 0 Å². The molecule has 0 saturated heterocycles. The summed E-state index contributed by atoms with van der Waals surface area (Å²) in [6.45, 7) is 2.17. The Balaban J connectivity index is 1.31. The first kappa shape index (κ1) is 27.1. The summed E-state index contributed by atoms with van der Waals surface area (Å²) in [5.41, 5.74) is 11.9. The van der Waals surface area contributed by atoms with Crippen LogP contribution in [0.25, 0.3) is 53.6 Å². The number of nitrogens with zero attached hydrogens (tertiary/aromatic N) is 1. The van der Waals surface area contributed by atoms with Crippen molar-refractivity contribution >= 4 is 48.6 Å². The Bertz CT molecular complexity index is 2280. The summed E-state index contributed by atoms with van der Waals surface area (Å²) in [6, 6.07) is 61.6. The zero-order valence-corrected chi connectivity index (χ0v) is 25.8. The molecular weight excluding hydrogens is 563 g/mol. The van der Waals surface area contributed by atoms with Crippen LogP contribution in [0.2, 0.25) is 0 Å². The molecule has 1 heterocycles. The molecule has 0 bridgehead atoms. The van der Waals surface area contributed by atoms with E-state index in [0.29, 0.717) is 0 Å². The largest absolute Gasteiger partial charge is 0.310 e. The maximum Gasteiger partial charge on any atom is 0.0540 e. The van der Waals surface area contributed by atoms with Crippen molar-refractivity contribution < 1.29 is 0 Å². The normalized spacial score (nSPS) is 11.2. The molecule has 0 radical (unpaired) electrons. The Kier molecular flexibility index (Phi) is 6.98. The zero-order valence-electron chi connectivity index (χ0n) is 25.0. The molecule has 7 aromatic carbocycles. The van der Waals surface area contributed by atoms with Gasteiger partial charge in [0.2, 0.25) is 0 Å². The van der Waals surface area contributed by atoms with E-state index < -0.39 is 0 Å². The van der Waals surface area contributed by atoms with Gasteiger partial charge in [0.1, 0.15) is 0 Å². The van der Waals surface area contributed by atoms with Crippen molar-refractivity contribution in [3.05, 3.63) is 175 Å². The van der Waals surface area contributed by atoms with Gasteiger partial charge in [0, 0.05) is 37.1 Å². The quantitative estimate of drug-likeness (QED) is 0.185. The fourth-order valence-corrected chi connectivity index (χ4v) is 7.45. The van der Waals surface area contributed by atoms with E-state index in [2.05, 4.69) is 182 Å². The average Bonchev–Trinajstić information content (AvgIpc) is 3.48. The molecular formula is C43H31NS. The van der Waals surface area contributed by atoms with Gasteiger partial charge in [0.15, 0.2) is 0 Å². The number of rotatable bonds is 6. The second kappa shape index (κ2) is 11.6. The minimum Gasteiger partial charge on any atom is -0.310 e. The molecule has 0 aliphatic rings. The molecule has 8 aromatic rings. The minimum atomic E-state index is 1.12.